The van der Waals surface area contributed by atoms with Crippen LogP contribution in [-0.2, 0) is 10.0 Å². The van der Waals surface area contributed by atoms with Gasteiger partial charge in [0.15, 0.2) is 0 Å². The minimum Gasteiger partial charge on any atom is -0.363 e. The van der Waals surface area contributed by atoms with Crippen molar-refractivity contribution in [1.82, 2.24) is 14.7 Å². The number of nitrogens with one attached hydrogen (secondary N) is 2. The number of carbonyl (C=O) groups is 1. The van der Waals surface area contributed by atoms with Crippen LogP contribution in [-0.4, -0.2) is 38.5 Å². The molecule has 1 aromatic heterocycles. The molecule has 10 heteroatoms. The van der Waals surface area contributed by atoms with Gasteiger partial charge >= 0.3 is 16.1 Å². The Kier molecular flexibility index (Phi) is 6.78. The van der Waals surface area contributed by atoms with Gasteiger partial charge in [-0.1, -0.05) is 27.7 Å². The molecule has 158 valence electrons. The minimum atomic E-state index is -4.29. The molecule has 0 radical (unpaired) electrons. The van der Waals surface area contributed by atoms with Gasteiger partial charge in [-0.3, -0.25) is 0 Å². The summed E-state index contributed by atoms with van der Waals surface area (Å²) in [6.07, 6.45) is 1.29. The predicted molar refractivity (Wildman–Crippen MR) is 110 cm³/mol. The molecule has 0 fully saturated rings. The van der Waals surface area contributed by atoms with E-state index in [0.29, 0.717) is 22.6 Å². The average molecular weight is 424 g/mol. The molecular formula is C19H26FN5O3S. The molecule has 1 aromatic carbocycles. The second-order valence-corrected chi connectivity index (χ2v) is 9.00. The van der Waals surface area contributed by atoms with E-state index < -0.39 is 27.0 Å². The van der Waals surface area contributed by atoms with Gasteiger partial charge in [0, 0.05) is 26.0 Å². The monoisotopic (exact) mass is 423 g/mol. The molecule has 0 saturated carbocycles. The smallest absolute Gasteiger partial charge is 0.333 e. The van der Waals surface area contributed by atoms with Gasteiger partial charge in [-0.25, -0.2) is 18.9 Å². The van der Waals surface area contributed by atoms with Gasteiger partial charge < -0.3 is 10.2 Å². The van der Waals surface area contributed by atoms with Crippen LogP contribution in [0.15, 0.2) is 29.6 Å². The van der Waals surface area contributed by atoms with Crippen molar-refractivity contribution >= 4 is 27.6 Å². The Morgan fingerprint density at radius 2 is 1.66 bits per heavy atom. The fraction of sp³-hybridized carbons (Fsp3) is 0.421. The van der Waals surface area contributed by atoms with Crippen LogP contribution in [0.2, 0.25) is 0 Å². The van der Waals surface area contributed by atoms with Crippen molar-refractivity contribution in [3.05, 3.63) is 41.3 Å². The summed E-state index contributed by atoms with van der Waals surface area (Å²) in [5.41, 5.74) is 1.55. The Morgan fingerprint density at radius 3 is 2.14 bits per heavy atom. The number of hydrogen-bond donors (Lipinski definition) is 2. The van der Waals surface area contributed by atoms with Crippen LogP contribution in [0.3, 0.4) is 0 Å². The van der Waals surface area contributed by atoms with Crippen molar-refractivity contribution in [3.8, 4) is 0 Å². The molecule has 29 heavy (non-hydrogen) atoms. The molecule has 0 atom stereocenters. The van der Waals surface area contributed by atoms with Crippen molar-refractivity contribution in [2.24, 2.45) is 0 Å². The topological polar surface area (TPSA) is 104 Å². The number of nitrogens with zero attached hydrogens (tertiary/aromatic N) is 3. The Labute approximate surface area is 170 Å². The number of aromatic nitrogens is 2. The van der Waals surface area contributed by atoms with Crippen molar-refractivity contribution < 1.29 is 17.6 Å². The first-order chi connectivity index (χ1) is 13.4. The summed E-state index contributed by atoms with van der Waals surface area (Å²) in [6.45, 7) is 7.44. The van der Waals surface area contributed by atoms with Crippen LogP contribution in [0.25, 0.3) is 0 Å². The van der Waals surface area contributed by atoms with Crippen LogP contribution in [0.5, 0.6) is 0 Å². The maximum absolute atomic E-state index is 14.0. The molecule has 0 unspecified atom stereocenters. The number of amides is 2. The summed E-state index contributed by atoms with van der Waals surface area (Å²) in [7, 11) is -0.890. The highest BCUT2D eigenvalue weighted by Crippen LogP contribution is 2.33. The van der Waals surface area contributed by atoms with E-state index in [0.717, 1.165) is 0 Å². The van der Waals surface area contributed by atoms with E-state index in [1.807, 2.05) is 32.4 Å². The third kappa shape index (κ3) is 5.41. The average Bonchev–Trinajstić information content (AvgIpc) is 2.62. The first-order valence-electron chi connectivity index (χ1n) is 9.10. The molecule has 2 aromatic rings. The Bertz CT molecular complexity index is 978. The van der Waals surface area contributed by atoms with Gasteiger partial charge in [0.25, 0.3) is 5.16 Å². The molecular weight excluding hydrogens is 397 g/mol. The molecule has 8 nitrogen and oxygen atoms in total. The fourth-order valence-corrected chi connectivity index (χ4v) is 3.52. The van der Waals surface area contributed by atoms with Gasteiger partial charge in [-0.2, -0.15) is 13.4 Å². The summed E-state index contributed by atoms with van der Waals surface area (Å²) in [5, 5.41) is 2.05. The SMILES string of the molecule is CC(C)c1cc(F)cc(C(C)C)c1NC(=O)NS(=O)(=O)c1nccc(N(C)C)n1. The van der Waals surface area contributed by atoms with E-state index in [4.69, 9.17) is 0 Å². The number of anilines is 2. The number of benzene rings is 1. The van der Waals surface area contributed by atoms with Crippen LogP contribution in [0, 0.1) is 5.82 Å². The number of rotatable bonds is 6. The molecule has 0 bridgehead atoms. The van der Waals surface area contributed by atoms with Gasteiger partial charge in [0.05, 0.1) is 0 Å². The second-order valence-electron chi connectivity index (χ2n) is 7.42. The number of hydrogen-bond acceptors (Lipinski definition) is 6. The first-order valence-corrected chi connectivity index (χ1v) is 10.6. The second kappa shape index (κ2) is 8.73. The van der Waals surface area contributed by atoms with E-state index in [9.17, 15) is 17.6 Å². The predicted octanol–water partition coefficient (Wildman–Crippen LogP) is 3.44. The number of urea groups is 1. The van der Waals surface area contributed by atoms with Crippen molar-refractivity contribution in [3.63, 3.8) is 0 Å². The van der Waals surface area contributed by atoms with Crippen LogP contribution >= 0.6 is 0 Å². The third-order valence-corrected chi connectivity index (χ3v) is 5.32. The number of carbonyl (C=O) groups excluding carboxylic acids is 1. The van der Waals surface area contributed by atoms with Crippen LogP contribution < -0.4 is 14.9 Å². The Morgan fingerprint density at radius 1 is 1.10 bits per heavy atom. The van der Waals surface area contributed by atoms with E-state index in [2.05, 4.69) is 15.3 Å². The lowest BCUT2D eigenvalue weighted by atomic mass is 9.92. The standard InChI is InChI=1S/C19H26FN5O3S/c1-11(2)14-9-13(20)10-15(12(3)4)17(14)23-18(26)24-29(27,28)19-21-8-7-16(22-19)25(5)6/h7-12H,1-6H3,(H2,23,24,26). The molecule has 0 saturated heterocycles. The van der Waals surface area contributed by atoms with Gasteiger partial charge in [-0.05, 0) is 41.2 Å². The number of sulfonamides is 1. The van der Waals surface area contributed by atoms with Gasteiger partial charge in [-0.15, -0.1) is 0 Å². The molecule has 2 rings (SSSR count). The normalized spacial score (nSPS) is 11.6. The summed E-state index contributed by atoms with van der Waals surface area (Å²) in [4.78, 5) is 21.8. The van der Waals surface area contributed by atoms with Crippen molar-refractivity contribution in [2.45, 2.75) is 44.7 Å². The summed E-state index contributed by atoms with van der Waals surface area (Å²) >= 11 is 0. The van der Waals surface area contributed by atoms with Crippen molar-refractivity contribution in [1.29, 1.82) is 0 Å². The molecule has 2 N–H and O–H groups in total. The van der Waals surface area contributed by atoms with E-state index >= 15 is 0 Å². The highest BCUT2D eigenvalue weighted by molar-refractivity contribution is 7.89. The fourth-order valence-electron chi connectivity index (χ4n) is 2.72. The molecule has 1 heterocycles. The Hall–Kier alpha value is -2.75. The lowest BCUT2D eigenvalue weighted by molar-refractivity contribution is 0.256. The maximum Gasteiger partial charge on any atom is 0.333 e. The lowest BCUT2D eigenvalue weighted by Gasteiger charge is -2.20. The largest absolute Gasteiger partial charge is 0.363 e. The van der Waals surface area contributed by atoms with Crippen LogP contribution in [0.4, 0.5) is 20.7 Å². The number of halogens is 1. The molecule has 0 spiro atoms. The van der Waals surface area contributed by atoms with E-state index in [1.54, 1.807) is 25.1 Å². The maximum atomic E-state index is 14.0. The summed E-state index contributed by atoms with van der Waals surface area (Å²) in [6, 6.07) is 3.25. The van der Waals surface area contributed by atoms with Crippen LogP contribution in [0.1, 0.15) is 50.7 Å². The summed E-state index contributed by atoms with van der Waals surface area (Å²) < 4.78 is 41.0. The van der Waals surface area contributed by atoms with Gasteiger partial charge in [0.2, 0.25) is 0 Å². The first kappa shape index (κ1) is 22.5. The lowest BCUT2D eigenvalue weighted by Crippen LogP contribution is -2.36. The molecule has 0 aliphatic rings. The zero-order valence-corrected chi connectivity index (χ0v) is 18.1. The molecule has 0 aliphatic carbocycles. The van der Waals surface area contributed by atoms with E-state index in [1.165, 1.54) is 18.3 Å². The molecule has 2 amide bonds. The zero-order valence-electron chi connectivity index (χ0n) is 17.3. The van der Waals surface area contributed by atoms with E-state index in [-0.39, 0.29) is 11.8 Å². The zero-order chi connectivity index (χ0) is 21.9. The third-order valence-electron chi connectivity index (χ3n) is 4.19. The Balaban J connectivity index is 2.35. The molecule has 0 aliphatic heterocycles. The summed E-state index contributed by atoms with van der Waals surface area (Å²) in [5.74, 6) is -0.209. The minimum absolute atomic E-state index is 0.0878. The highest BCUT2D eigenvalue weighted by atomic mass is 32.2. The van der Waals surface area contributed by atoms with Crippen molar-refractivity contribution in [2.75, 3.05) is 24.3 Å². The van der Waals surface area contributed by atoms with Gasteiger partial charge in [0.1, 0.15) is 11.6 Å². The quantitative estimate of drug-likeness (QED) is 0.690. The highest BCUT2D eigenvalue weighted by Gasteiger charge is 2.24.